The Morgan fingerprint density at radius 3 is 2.53 bits per heavy atom. The molecule has 5 rings (SSSR count). The highest BCUT2D eigenvalue weighted by atomic mass is 32.2. The van der Waals surface area contributed by atoms with Crippen LogP contribution in [0.4, 0.5) is 0 Å². The van der Waals surface area contributed by atoms with Gasteiger partial charge in [-0.15, -0.1) is 10.2 Å². The van der Waals surface area contributed by atoms with Gasteiger partial charge in [-0.3, -0.25) is 4.79 Å². The first kappa shape index (κ1) is 22.8. The number of nitrogens with one attached hydrogen (secondary N) is 1. The number of nitrogens with zero attached hydrogens (tertiary/aromatic N) is 4. The maximum absolute atomic E-state index is 12.6. The summed E-state index contributed by atoms with van der Waals surface area (Å²) >= 11 is 1.40. The number of thioether (sulfide) groups is 1. The van der Waals surface area contributed by atoms with Gasteiger partial charge in [0.1, 0.15) is 5.52 Å². The van der Waals surface area contributed by atoms with Crippen LogP contribution in [0, 0.1) is 0 Å². The normalized spacial score (nSPS) is 15.1. The minimum atomic E-state index is -0.220. The molecule has 1 amide bonds. The summed E-state index contributed by atoms with van der Waals surface area (Å²) in [5.74, 6) is 0.0678. The van der Waals surface area contributed by atoms with Crippen LogP contribution in [0.5, 0.6) is 0 Å². The predicted molar refractivity (Wildman–Crippen MR) is 138 cm³/mol. The Balaban J connectivity index is 1.50. The second-order valence-corrected chi connectivity index (χ2v) is 11.3. The Kier molecular flexibility index (Phi) is 6.06. The Morgan fingerprint density at radius 2 is 1.85 bits per heavy atom. The van der Waals surface area contributed by atoms with Crippen molar-refractivity contribution in [3.63, 3.8) is 0 Å². The molecule has 1 aliphatic carbocycles. The van der Waals surface area contributed by atoms with Crippen LogP contribution in [0.25, 0.3) is 22.1 Å². The van der Waals surface area contributed by atoms with E-state index in [4.69, 9.17) is 4.98 Å². The zero-order valence-electron chi connectivity index (χ0n) is 20.2. The summed E-state index contributed by atoms with van der Waals surface area (Å²) in [4.78, 5) is 17.5. The van der Waals surface area contributed by atoms with Gasteiger partial charge in [-0.1, -0.05) is 81.9 Å². The molecule has 0 saturated heterocycles. The van der Waals surface area contributed by atoms with Crippen LogP contribution in [0.2, 0.25) is 0 Å². The van der Waals surface area contributed by atoms with Gasteiger partial charge < -0.3 is 9.88 Å². The Labute approximate surface area is 204 Å². The van der Waals surface area contributed by atoms with E-state index in [2.05, 4.69) is 77.3 Å². The molecular formula is C27H31N5OS. The molecule has 0 radical (unpaired) electrons. The first-order valence-electron chi connectivity index (χ1n) is 12.0. The van der Waals surface area contributed by atoms with E-state index in [0.29, 0.717) is 24.2 Å². The first-order chi connectivity index (χ1) is 16.3. The van der Waals surface area contributed by atoms with E-state index in [-0.39, 0.29) is 16.6 Å². The van der Waals surface area contributed by atoms with Crippen molar-refractivity contribution in [2.75, 3.05) is 0 Å². The number of carbonyl (C=O) groups is 1. The minimum absolute atomic E-state index is 0.0678. The van der Waals surface area contributed by atoms with E-state index < -0.39 is 0 Å². The molecule has 0 bridgehead atoms. The van der Waals surface area contributed by atoms with Crippen LogP contribution >= 0.6 is 11.8 Å². The average Bonchev–Trinajstić information content (AvgIpc) is 3.59. The lowest BCUT2D eigenvalue weighted by Gasteiger charge is -2.19. The minimum Gasteiger partial charge on any atom is -0.352 e. The molecule has 34 heavy (non-hydrogen) atoms. The van der Waals surface area contributed by atoms with Gasteiger partial charge in [-0.2, -0.15) is 0 Å². The third-order valence-electron chi connectivity index (χ3n) is 6.35. The standard InChI is InChI=1S/C27H31N5OS/c1-5-22(25(33)28-19-14-15-19)34-26-29-24-23(30-31-26)20-8-6-7-9-21(20)32(24)16-17-10-12-18(13-11-17)27(2,3)4/h6-13,19,22H,5,14-16H2,1-4H3,(H,28,33). The maximum atomic E-state index is 12.6. The summed E-state index contributed by atoms with van der Waals surface area (Å²) in [6.07, 6.45) is 2.87. The van der Waals surface area contributed by atoms with Crippen LogP contribution < -0.4 is 5.32 Å². The lowest BCUT2D eigenvalue weighted by molar-refractivity contribution is -0.120. The molecule has 176 valence electrons. The number of amides is 1. The molecule has 0 spiro atoms. The van der Waals surface area contributed by atoms with Crippen LogP contribution in [0.3, 0.4) is 0 Å². The number of benzene rings is 2. The van der Waals surface area contributed by atoms with Gasteiger partial charge in [0.15, 0.2) is 5.65 Å². The van der Waals surface area contributed by atoms with Gasteiger partial charge in [0.2, 0.25) is 11.1 Å². The second-order valence-electron chi connectivity index (χ2n) is 10.1. The smallest absolute Gasteiger partial charge is 0.233 e. The number of rotatable bonds is 7. The van der Waals surface area contributed by atoms with E-state index in [1.807, 2.05) is 19.1 Å². The second kappa shape index (κ2) is 9.02. The number of hydrogen-bond donors (Lipinski definition) is 1. The summed E-state index contributed by atoms with van der Waals surface area (Å²) < 4.78 is 2.21. The third kappa shape index (κ3) is 4.67. The number of aromatic nitrogens is 4. The number of carbonyl (C=O) groups excluding carboxylic acids is 1. The van der Waals surface area contributed by atoms with Crippen molar-refractivity contribution in [2.45, 2.75) is 75.4 Å². The Hall–Kier alpha value is -2.93. The summed E-state index contributed by atoms with van der Waals surface area (Å²) in [6, 6.07) is 17.4. The van der Waals surface area contributed by atoms with Gasteiger partial charge in [-0.05, 0) is 41.9 Å². The molecule has 7 heteroatoms. The van der Waals surface area contributed by atoms with Crippen LogP contribution in [-0.4, -0.2) is 36.9 Å². The van der Waals surface area contributed by atoms with Gasteiger partial charge in [0, 0.05) is 18.0 Å². The maximum Gasteiger partial charge on any atom is 0.233 e. The lowest BCUT2D eigenvalue weighted by atomic mass is 9.87. The van der Waals surface area contributed by atoms with Crippen LogP contribution in [-0.2, 0) is 16.8 Å². The van der Waals surface area contributed by atoms with Crippen molar-refractivity contribution < 1.29 is 4.79 Å². The molecule has 1 fully saturated rings. The molecule has 2 heterocycles. The number of fused-ring (bicyclic) bond motifs is 3. The summed E-state index contributed by atoms with van der Waals surface area (Å²) in [7, 11) is 0. The summed E-state index contributed by atoms with van der Waals surface area (Å²) in [5, 5.41) is 13.4. The molecule has 1 N–H and O–H groups in total. The van der Waals surface area contributed by atoms with E-state index in [9.17, 15) is 4.79 Å². The predicted octanol–water partition coefficient (Wildman–Crippen LogP) is 5.47. The molecule has 1 aliphatic rings. The molecule has 0 aliphatic heterocycles. The van der Waals surface area contributed by atoms with Gasteiger partial charge in [0.25, 0.3) is 0 Å². The first-order valence-corrected chi connectivity index (χ1v) is 12.9. The van der Waals surface area contributed by atoms with Gasteiger partial charge in [0.05, 0.1) is 10.8 Å². The van der Waals surface area contributed by atoms with Crippen molar-refractivity contribution in [3.05, 3.63) is 59.7 Å². The molecule has 1 saturated carbocycles. The molecule has 6 nitrogen and oxygen atoms in total. The monoisotopic (exact) mass is 473 g/mol. The van der Waals surface area contributed by atoms with Crippen molar-refractivity contribution in [1.82, 2.24) is 25.1 Å². The Morgan fingerprint density at radius 1 is 1.12 bits per heavy atom. The average molecular weight is 474 g/mol. The van der Waals surface area contributed by atoms with E-state index in [0.717, 1.165) is 34.9 Å². The Bertz CT molecular complexity index is 1340. The fraction of sp³-hybridized carbons (Fsp3) is 0.407. The number of para-hydroxylation sites is 1. The lowest BCUT2D eigenvalue weighted by Crippen LogP contribution is -2.34. The highest BCUT2D eigenvalue weighted by molar-refractivity contribution is 8.00. The molecule has 2 aromatic carbocycles. The van der Waals surface area contributed by atoms with E-state index >= 15 is 0 Å². The van der Waals surface area contributed by atoms with Gasteiger partial charge in [-0.25, -0.2) is 4.98 Å². The molecule has 4 aromatic rings. The quantitative estimate of drug-likeness (QED) is 0.360. The summed E-state index contributed by atoms with van der Waals surface area (Å²) in [6.45, 7) is 9.40. The van der Waals surface area contributed by atoms with Crippen LogP contribution in [0.1, 0.15) is 58.1 Å². The topological polar surface area (TPSA) is 72.7 Å². The van der Waals surface area contributed by atoms with E-state index in [1.54, 1.807) is 0 Å². The summed E-state index contributed by atoms with van der Waals surface area (Å²) in [5.41, 5.74) is 5.32. The van der Waals surface area contributed by atoms with E-state index in [1.165, 1.54) is 22.9 Å². The van der Waals surface area contributed by atoms with Crippen LogP contribution in [0.15, 0.2) is 53.7 Å². The molecule has 2 aromatic heterocycles. The fourth-order valence-corrected chi connectivity index (χ4v) is 4.99. The zero-order chi connectivity index (χ0) is 23.9. The van der Waals surface area contributed by atoms with Gasteiger partial charge >= 0.3 is 0 Å². The SMILES string of the molecule is CCC(Sc1nnc2c3ccccc3n(Cc3ccc(C(C)(C)C)cc3)c2n1)C(=O)NC1CC1. The third-order valence-corrected chi connectivity index (χ3v) is 7.57. The van der Waals surface area contributed by atoms with Crippen molar-refractivity contribution in [1.29, 1.82) is 0 Å². The molecular weight excluding hydrogens is 442 g/mol. The zero-order valence-corrected chi connectivity index (χ0v) is 21.0. The highest BCUT2D eigenvalue weighted by Gasteiger charge is 2.28. The van der Waals surface area contributed by atoms with Crippen molar-refractivity contribution in [2.24, 2.45) is 0 Å². The molecule has 1 atom stereocenters. The fourth-order valence-electron chi connectivity index (χ4n) is 4.16. The van der Waals surface area contributed by atoms with Crippen molar-refractivity contribution >= 4 is 39.7 Å². The highest BCUT2D eigenvalue weighted by Crippen LogP contribution is 2.30. The molecule has 1 unspecified atom stereocenters. The van der Waals surface area contributed by atoms with Crippen molar-refractivity contribution in [3.8, 4) is 0 Å². The number of hydrogen-bond acceptors (Lipinski definition) is 5. The largest absolute Gasteiger partial charge is 0.352 e.